The molecular formula is C16H21NO2. The topological polar surface area (TPSA) is 32.7 Å². The van der Waals surface area contributed by atoms with Crippen molar-refractivity contribution in [3.63, 3.8) is 0 Å². The van der Waals surface area contributed by atoms with Crippen molar-refractivity contribution in [2.75, 3.05) is 19.8 Å². The third kappa shape index (κ3) is 4.59. The third-order valence-electron chi connectivity index (χ3n) is 3.27. The molecule has 0 aliphatic heterocycles. The van der Waals surface area contributed by atoms with Gasteiger partial charge in [-0.25, -0.2) is 0 Å². The Hall–Kier alpha value is -1.50. The van der Waals surface area contributed by atoms with Crippen molar-refractivity contribution in [1.82, 2.24) is 4.90 Å². The standard InChI is InChI=1S/C16H21NO2/c1-2-3-12-19-16-8-4-14(5-9-16)13-17(10-11-18)15-6-7-15/h1,4-5,8-9,15,18H,3,6-7,10-13H2. The van der Waals surface area contributed by atoms with Gasteiger partial charge in [0.25, 0.3) is 0 Å². The molecule has 1 aliphatic carbocycles. The number of ether oxygens (including phenoxy) is 1. The second-order valence-corrected chi connectivity index (χ2v) is 4.87. The summed E-state index contributed by atoms with van der Waals surface area (Å²) in [6.45, 7) is 2.44. The highest BCUT2D eigenvalue weighted by atomic mass is 16.5. The van der Waals surface area contributed by atoms with Gasteiger partial charge in [0, 0.05) is 25.6 Å². The number of hydrogen-bond donors (Lipinski definition) is 1. The molecule has 0 atom stereocenters. The minimum atomic E-state index is 0.226. The molecule has 1 aromatic rings. The molecule has 1 saturated carbocycles. The number of terminal acetylenes is 1. The van der Waals surface area contributed by atoms with E-state index in [1.54, 1.807) is 0 Å². The molecule has 0 amide bonds. The first-order chi connectivity index (χ1) is 9.33. The Morgan fingerprint density at radius 1 is 1.32 bits per heavy atom. The van der Waals surface area contributed by atoms with E-state index in [0.717, 1.165) is 18.8 Å². The molecule has 1 aliphatic rings. The first-order valence-corrected chi connectivity index (χ1v) is 6.83. The van der Waals surface area contributed by atoms with Crippen LogP contribution >= 0.6 is 0 Å². The molecule has 0 spiro atoms. The van der Waals surface area contributed by atoms with Crippen LogP contribution in [-0.2, 0) is 6.54 Å². The van der Waals surface area contributed by atoms with Crippen LogP contribution in [0.2, 0.25) is 0 Å². The summed E-state index contributed by atoms with van der Waals surface area (Å²) in [4.78, 5) is 2.34. The van der Waals surface area contributed by atoms with Crippen molar-refractivity contribution < 1.29 is 9.84 Å². The summed E-state index contributed by atoms with van der Waals surface area (Å²) in [6, 6.07) is 8.79. The maximum Gasteiger partial charge on any atom is 0.119 e. The lowest BCUT2D eigenvalue weighted by Crippen LogP contribution is -2.28. The first kappa shape index (κ1) is 13.9. The molecule has 102 valence electrons. The van der Waals surface area contributed by atoms with Crippen molar-refractivity contribution in [2.24, 2.45) is 0 Å². The molecule has 3 nitrogen and oxygen atoms in total. The fraction of sp³-hybridized carbons (Fsp3) is 0.500. The van der Waals surface area contributed by atoms with E-state index in [4.69, 9.17) is 16.3 Å². The molecule has 2 rings (SSSR count). The summed E-state index contributed by atoms with van der Waals surface area (Å²) in [6.07, 6.45) is 8.33. The highest BCUT2D eigenvalue weighted by Crippen LogP contribution is 2.28. The summed E-state index contributed by atoms with van der Waals surface area (Å²) in [5.41, 5.74) is 1.25. The van der Waals surface area contributed by atoms with Crippen LogP contribution in [0, 0.1) is 12.3 Å². The fourth-order valence-corrected chi connectivity index (χ4v) is 2.11. The largest absolute Gasteiger partial charge is 0.493 e. The normalized spacial score (nSPS) is 14.4. The van der Waals surface area contributed by atoms with Crippen LogP contribution in [-0.4, -0.2) is 35.8 Å². The monoisotopic (exact) mass is 259 g/mol. The minimum Gasteiger partial charge on any atom is -0.493 e. The Morgan fingerprint density at radius 3 is 2.63 bits per heavy atom. The highest BCUT2D eigenvalue weighted by molar-refractivity contribution is 5.27. The van der Waals surface area contributed by atoms with Crippen molar-refractivity contribution in [2.45, 2.75) is 31.8 Å². The van der Waals surface area contributed by atoms with Gasteiger partial charge in [0.2, 0.25) is 0 Å². The van der Waals surface area contributed by atoms with E-state index >= 15 is 0 Å². The number of benzene rings is 1. The summed E-state index contributed by atoms with van der Waals surface area (Å²) in [7, 11) is 0. The molecule has 1 aromatic carbocycles. The van der Waals surface area contributed by atoms with Crippen molar-refractivity contribution >= 4 is 0 Å². The van der Waals surface area contributed by atoms with Gasteiger partial charge in [-0.1, -0.05) is 12.1 Å². The first-order valence-electron chi connectivity index (χ1n) is 6.83. The van der Waals surface area contributed by atoms with E-state index in [1.165, 1.54) is 18.4 Å². The summed E-state index contributed by atoms with van der Waals surface area (Å²) >= 11 is 0. The lowest BCUT2D eigenvalue weighted by atomic mass is 10.2. The van der Waals surface area contributed by atoms with Crippen molar-refractivity contribution in [3.8, 4) is 18.1 Å². The van der Waals surface area contributed by atoms with E-state index in [1.807, 2.05) is 12.1 Å². The van der Waals surface area contributed by atoms with Crippen LogP contribution in [0.15, 0.2) is 24.3 Å². The second kappa shape index (κ2) is 7.18. The van der Waals surface area contributed by atoms with Crippen LogP contribution in [0.1, 0.15) is 24.8 Å². The molecule has 0 bridgehead atoms. The summed E-state index contributed by atoms with van der Waals surface area (Å²) < 4.78 is 5.52. The predicted octanol–water partition coefficient (Wildman–Crippen LogP) is 2.05. The molecule has 3 heteroatoms. The molecular weight excluding hydrogens is 238 g/mol. The van der Waals surface area contributed by atoms with E-state index in [9.17, 15) is 0 Å². The predicted molar refractivity (Wildman–Crippen MR) is 75.9 cm³/mol. The minimum absolute atomic E-state index is 0.226. The molecule has 0 aromatic heterocycles. The second-order valence-electron chi connectivity index (χ2n) is 4.87. The van der Waals surface area contributed by atoms with Crippen LogP contribution < -0.4 is 4.74 Å². The zero-order valence-corrected chi connectivity index (χ0v) is 11.2. The van der Waals surface area contributed by atoms with Gasteiger partial charge in [-0.05, 0) is 30.5 Å². The average molecular weight is 259 g/mol. The highest BCUT2D eigenvalue weighted by Gasteiger charge is 2.28. The number of rotatable bonds is 8. The molecule has 0 saturated heterocycles. The average Bonchev–Trinajstić information content (AvgIpc) is 3.25. The molecule has 0 radical (unpaired) electrons. The zero-order chi connectivity index (χ0) is 13.5. The molecule has 1 N–H and O–H groups in total. The fourth-order valence-electron chi connectivity index (χ4n) is 2.11. The van der Waals surface area contributed by atoms with Gasteiger partial charge in [-0.3, -0.25) is 4.90 Å². The van der Waals surface area contributed by atoms with Crippen molar-refractivity contribution in [1.29, 1.82) is 0 Å². The smallest absolute Gasteiger partial charge is 0.119 e. The lowest BCUT2D eigenvalue weighted by Gasteiger charge is -2.20. The maximum atomic E-state index is 9.08. The number of nitrogens with zero attached hydrogens (tertiary/aromatic N) is 1. The van der Waals surface area contributed by atoms with Gasteiger partial charge in [0.1, 0.15) is 5.75 Å². The van der Waals surface area contributed by atoms with E-state index in [-0.39, 0.29) is 6.61 Å². The van der Waals surface area contributed by atoms with Gasteiger partial charge < -0.3 is 9.84 Å². The van der Waals surface area contributed by atoms with Crippen LogP contribution in [0.3, 0.4) is 0 Å². The Balaban J connectivity index is 1.85. The van der Waals surface area contributed by atoms with Crippen LogP contribution in [0.4, 0.5) is 0 Å². The summed E-state index contributed by atoms with van der Waals surface area (Å²) in [5, 5.41) is 9.08. The molecule has 0 heterocycles. The van der Waals surface area contributed by atoms with Gasteiger partial charge in [-0.2, -0.15) is 0 Å². The number of aliphatic hydroxyl groups is 1. The Labute approximate surface area is 115 Å². The Kier molecular flexibility index (Phi) is 5.26. The SMILES string of the molecule is C#CCCOc1ccc(CN(CCO)C2CC2)cc1. The lowest BCUT2D eigenvalue weighted by molar-refractivity contribution is 0.183. The molecule has 0 unspecified atom stereocenters. The molecule has 1 fully saturated rings. The number of hydrogen-bond acceptors (Lipinski definition) is 3. The van der Waals surface area contributed by atoms with E-state index in [0.29, 0.717) is 19.1 Å². The van der Waals surface area contributed by atoms with Gasteiger partial charge in [0.15, 0.2) is 0 Å². The molecule has 19 heavy (non-hydrogen) atoms. The van der Waals surface area contributed by atoms with Gasteiger partial charge in [-0.15, -0.1) is 12.3 Å². The van der Waals surface area contributed by atoms with Gasteiger partial charge >= 0.3 is 0 Å². The van der Waals surface area contributed by atoms with Crippen LogP contribution in [0.5, 0.6) is 5.75 Å². The maximum absolute atomic E-state index is 9.08. The zero-order valence-electron chi connectivity index (χ0n) is 11.2. The van der Waals surface area contributed by atoms with E-state index < -0.39 is 0 Å². The van der Waals surface area contributed by atoms with Crippen LogP contribution in [0.25, 0.3) is 0 Å². The van der Waals surface area contributed by atoms with Gasteiger partial charge in [0.05, 0.1) is 13.2 Å². The Morgan fingerprint density at radius 2 is 2.05 bits per heavy atom. The number of aliphatic hydroxyl groups excluding tert-OH is 1. The summed E-state index contributed by atoms with van der Waals surface area (Å²) in [5.74, 6) is 3.41. The quantitative estimate of drug-likeness (QED) is 0.573. The third-order valence-corrected chi connectivity index (χ3v) is 3.27. The van der Waals surface area contributed by atoms with Crippen molar-refractivity contribution in [3.05, 3.63) is 29.8 Å². The Bertz CT molecular complexity index is 417. The van der Waals surface area contributed by atoms with E-state index in [2.05, 4.69) is 23.0 Å².